The van der Waals surface area contributed by atoms with Gasteiger partial charge in [-0.15, -0.1) is 11.8 Å². The highest BCUT2D eigenvalue weighted by Crippen LogP contribution is 2.22. The standard InChI is InChI=1S/C9H12O3S.C2H3NO/c1-6(9(11)12)13-5-7-3-2-4-8(7)10;4-2-1-3-2/h2,4,6-7H,3,5H2,1H3,(H,11,12);1H2,(H,3,4). The molecule has 2 aliphatic rings. The number of carbonyl (C=O) groups is 3. The molecule has 17 heavy (non-hydrogen) atoms. The number of amides is 1. The molecule has 2 atom stereocenters. The quantitative estimate of drug-likeness (QED) is 0.713. The van der Waals surface area contributed by atoms with E-state index >= 15 is 0 Å². The average molecular weight is 257 g/mol. The Labute approximate surface area is 104 Å². The lowest BCUT2D eigenvalue weighted by Crippen LogP contribution is -2.16. The Morgan fingerprint density at radius 2 is 2.24 bits per heavy atom. The zero-order chi connectivity index (χ0) is 12.8. The predicted octanol–water partition coefficient (Wildman–Crippen LogP) is 0.454. The lowest BCUT2D eigenvalue weighted by Gasteiger charge is -2.09. The number of hydrogen-bond donors (Lipinski definition) is 2. The third-order valence-electron chi connectivity index (χ3n) is 2.32. The molecule has 94 valence electrons. The van der Waals surface area contributed by atoms with E-state index in [1.54, 1.807) is 13.0 Å². The summed E-state index contributed by atoms with van der Waals surface area (Å²) in [6, 6.07) is 0. The maximum Gasteiger partial charge on any atom is 0.316 e. The first-order valence-corrected chi connectivity index (χ1v) is 6.37. The summed E-state index contributed by atoms with van der Waals surface area (Å²) in [5, 5.41) is 10.6. The van der Waals surface area contributed by atoms with Crippen LogP contribution in [0, 0.1) is 5.92 Å². The summed E-state index contributed by atoms with van der Waals surface area (Å²) in [4.78, 5) is 31.0. The molecule has 0 aromatic rings. The van der Waals surface area contributed by atoms with Crippen molar-refractivity contribution in [3.05, 3.63) is 12.2 Å². The van der Waals surface area contributed by atoms with Gasteiger partial charge in [0.25, 0.3) is 0 Å². The van der Waals surface area contributed by atoms with Crippen LogP contribution in [0.2, 0.25) is 0 Å². The van der Waals surface area contributed by atoms with Crippen molar-refractivity contribution >= 4 is 29.4 Å². The second kappa shape index (κ2) is 6.44. The van der Waals surface area contributed by atoms with Crippen molar-refractivity contribution in [2.24, 2.45) is 5.92 Å². The van der Waals surface area contributed by atoms with E-state index in [1.165, 1.54) is 11.8 Å². The van der Waals surface area contributed by atoms with Crippen molar-refractivity contribution < 1.29 is 19.5 Å². The first kappa shape index (κ1) is 13.8. The van der Waals surface area contributed by atoms with Crippen LogP contribution < -0.4 is 5.32 Å². The van der Waals surface area contributed by atoms with Gasteiger partial charge in [0.1, 0.15) is 0 Å². The average Bonchev–Trinajstić information content (AvgIpc) is 2.94. The number of carboxylic acid groups (broad SMARTS) is 1. The van der Waals surface area contributed by atoms with E-state index in [1.807, 2.05) is 6.08 Å². The molecule has 0 aromatic heterocycles. The predicted molar refractivity (Wildman–Crippen MR) is 64.8 cm³/mol. The molecule has 0 bridgehead atoms. The van der Waals surface area contributed by atoms with E-state index in [0.717, 1.165) is 6.42 Å². The lowest BCUT2D eigenvalue weighted by atomic mass is 10.1. The summed E-state index contributed by atoms with van der Waals surface area (Å²) in [6.07, 6.45) is 4.19. The zero-order valence-electron chi connectivity index (χ0n) is 9.51. The van der Waals surface area contributed by atoms with Gasteiger partial charge in [-0.05, 0) is 19.4 Å². The molecule has 1 aliphatic heterocycles. The number of rotatable bonds is 4. The van der Waals surface area contributed by atoms with Gasteiger partial charge < -0.3 is 10.4 Å². The highest BCUT2D eigenvalue weighted by molar-refractivity contribution is 8.00. The summed E-state index contributed by atoms with van der Waals surface area (Å²) >= 11 is 1.33. The smallest absolute Gasteiger partial charge is 0.316 e. The molecule has 5 nitrogen and oxygen atoms in total. The Morgan fingerprint density at radius 3 is 2.59 bits per heavy atom. The van der Waals surface area contributed by atoms with Gasteiger partial charge in [0.15, 0.2) is 5.78 Å². The Kier molecular flexibility index (Phi) is 5.21. The van der Waals surface area contributed by atoms with Gasteiger partial charge in [0, 0.05) is 11.7 Å². The van der Waals surface area contributed by atoms with Crippen LogP contribution in [0.15, 0.2) is 12.2 Å². The summed E-state index contributed by atoms with van der Waals surface area (Å²) in [5.41, 5.74) is 0. The fourth-order valence-corrected chi connectivity index (χ4v) is 2.08. The molecular weight excluding hydrogens is 242 g/mol. The van der Waals surface area contributed by atoms with E-state index in [2.05, 4.69) is 5.32 Å². The molecule has 2 rings (SSSR count). The van der Waals surface area contributed by atoms with Gasteiger partial charge >= 0.3 is 5.97 Å². The Hall–Kier alpha value is -1.30. The molecule has 0 spiro atoms. The number of hydrogen-bond acceptors (Lipinski definition) is 4. The number of thioether (sulfide) groups is 1. The largest absolute Gasteiger partial charge is 0.480 e. The summed E-state index contributed by atoms with van der Waals surface area (Å²) < 4.78 is 0. The van der Waals surface area contributed by atoms with Crippen LogP contribution in [-0.4, -0.2) is 40.3 Å². The Bertz CT molecular complexity index is 347. The van der Waals surface area contributed by atoms with Crippen molar-refractivity contribution in [2.75, 3.05) is 12.3 Å². The molecule has 2 unspecified atom stereocenters. The molecular formula is C11H15NO4S. The Morgan fingerprint density at radius 1 is 1.65 bits per heavy atom. The summed E-state index contributed by atoms with van der Waals surface area (Å²) in [7, 11) is 0. The maximum atomic E-state index is 11.1. The van der Waals surface area contributed by atoms with Crippen LogP contribution in [0.25, 0.3) is 0 Å². The van der Waals surface area contributed by atoms with Crippen LogP contribution in [0.4, 0.5) is 0 Å². The number of ketones is 1. The first-order valence-electron chi connectivity index (χ1n) is 5.32. The van der Waals surface area contributed by atoms with Crippen molar-refractivity contribution in [1.29, 1.82) is 0 Å². The highest BCUT2D eigenvalue weighted by Gasteiger charge is 2.21. The van der Waals surface area contributed by atoms with E-state index < -0.39 is 11.2 Å². The fourth-order valence-electron chi connectivity index (χ4n) is 1.12. The third kappa shape index (κ3) is 5.53. The minimum absolute atomic E-state index is 0.00630. The minimum Gasteiger partial charge on any atom is -0.480 e. The van der Waals surface area contributed by atoms with Gasteiger partial charge in [-0.1, -0.05) is 6.08 Å². The lowest BCUT2D eigenvalue weighted by molar-refractivity contribution is -0.136. The third-order valence-corrected chi connectivity index (χ3v) is 3.62. The highest BCUT2D eigenvalue weighted by atomic mass is 32.2. The van der Waals surface area contributed by atoms with E-state index in [-0.39, 0.29) is 17.6 Å². The van der Waals surface area contributed by atoms with Crippen LogP contribution in [0.1, 0.15) is 13.3 Å². The van der Waals surface area contributed by atoms with Gasteiger partial charge in [-0.3, -0.25) is 14.4 Å². The molecule has 1 aliphatic carbocycles. The van der Waals surface area contributed by atoms with Crippen molar-refractivity contribution in [1.82, 2.24) is 5.32 Å². The molecule has 1 heterocycles. The van der Waals surface area contributed by atoms with Crippen molar-refractivity contribution in [3.63, 3.8) is 0 Å². The molecule has 1 amide bonds. The number of aliphatic carboxylic acids is 1. The fraction of sp³-hybridized carbons (Fsp3) is 0.545. The van der Waals surface area contributed by atoms with Crippen LogP contribution in [-0.2, 0) is 14.4 Å². The molecule has 0 radical (unpaired) electrons. The number of allylic oxidation sites excluding steroid dienone is 2. The SMILES string of the molecule is CC(SCC1CC=CC1=O)C(=O)O.O=C1CN1. The second-order valence-corrected chi connectivity index (χ2v) is 5.20. The Balaban J connectivity index is 0.000000302. The van der Waals surface area contributed by atoms with E-state index in [9.17, 15) is 14.4 Å². The normalized spacial score (nSPS) is 22.5. The second-order valence-electron chi connectivity index (χ2n) is 3.83. The van der Waals surface area contributed by atoms with Gasteiger partial charge in [0.2, 0.25) is 5.91 Å². The van der Waals surface area contributed by atoms with Gasteiger partial charge in [0.05, 0.1) is 11.8 Å². The number of nitrogens with one attached hydrogen (secondary N) is 1. The summed E-state index contributed by atoms with van der Waals surface area (Å²) in [5.74, 6) is 0.0968. The minimum atomic E-state index is -0.816. The number of carboxylic acids is 1. The van der Waals surface area contributed by atoms with E-state index in [4.69, 9.17) is 5.11 Å². The van der Waals surface area contributed by atoms with E-state index in [0.29, 0.717) is 12.3 Å². The molecule has 0 aromatic carbocycles. The van der Waals surface area contributed by atoms with Gasteiger partial charge in [-0.2, -0.15) is 0 Å². The topological polar surface area (TPSA) is 93.4 Å². The molecule has 1 saturated heterocycles. The van der Waals surface area contributed by atoms with Crippen LogP contribution in [0.5, 0.6) is 0 Å². The first-order chi connectivity index (χ1) is 8.00. The molecule has 1 fully saturated rings. The van der Waals surface area contributed by atoms with Crippen LogP contribution in [0.3, 0.4) is 0 Å². The number of carbonyl (C=O) groups excluding carboxylic acids is 2. The summed E-state index contributed by atoms with van der Waals surface area (Å²) in [6.45, 7) is 2.24. The maximum absolute atomic E-state index is 11.1. The molecule has 6 heteroatoms. The zero-order valence-corrected chi connectivity index (χ0v) is 10.3. The van der Waals surface area contributed by atoms with Gasteiger partial charge in [-0.25, -0.2) is 0 Å². The molecule has 2 N–H and O–H groups in total. The van der Waals surface area contributed by atoms with Crippen molar-refractivity contribution in [3.8, 4) is 0 Å². The monoisotopic (exact) mass is 257 g/mol. The van der Waals surface area contributed by atoms with Crippen LogP contribution >= 0.6 is 11.8 Å². The van der Waals surface area contributed by atoms with Crippen molar-refractivity contribution in [2.45, 2.75) is 18.6 Å². The molecule has 0 saturated carbocycles.